The normalized spacial score (nSPS) is 10.8. The lowest BCUT2D eigenvalue weighted by Crippen LogP contribution is -2.06. The molecule has 0 atom stereocenters. The average molecular weight is 323 g/mol. The van der Waals surface area contributed by atoms with Crippen LogP contribution in [0.25, 0.3) is 11.0 Å². The van der Waals surface area contributed by atoms with Crippen LogP contribution in [0, 0.1) is 6.92 Å². The highest BCUT2D eigenvalue weighted by molar-refractivity contribution is 5.90. The quantitative estimate of drug-likeness (QED) is 0.515. The number of unbranched alkanes of at least 4 members (excludes halogenated alkanes) is 1. The monoisotopic (exact) mass is 323 g/mol. The van der Waals surface area contributed by atoms with Gasteiger partial charge in [0.1, 0.15) is 0 Å². The molecule has 0 aliphatic rings. The minimum atomic E-state index is -0.299. The predicted octanol–water partition coefficient (Wildman–Crippen LogP) is 4.57. The zero-order chi connectivity index (χ0) is 16.9. The van der Waals surface area contributed by atoms with E-state index in [-0.39, 0.29) is 5.97 Å². The lowest BCUT2D eigenvalue weighted by Gasteiger charge is -2.06. The number of H-pyrrole nitrogens is 1. The van der Waals surface area contributed by atoms with Crippen molar-refractivity contribution in [2.24, 2.45) is 0 Å². The number of carbonyl (C=O) groups is 1. The molecule has 0 saturated heterocycles. The van der Waals surface area contributed by atoms with Crippen LogP contribution in [-0.2, 0) is 4.74 Å². The topological polar surface area (TPSA) is 67.0 Å². The first-order valence-electron chi connectivity index (χ1n) is 8.16. The summed E-state index contributed by atoms with van der Waals surface area (Å²) in [6.45, 7) is 4.56. The SMILES string of the molecule is CCCCOC(=O)c1cccc(Nc2nc3ccc(C)cc3[nH]2)c1. The van der Waals surface area contributed by atoms with Crippen molar-refractivity contribution in [2.45, 2.75) is 26.7 Å². The first kappa shape index (κ1) is 16.1. The maximum atomic E-state index is 12.0. The van der Waals surface area contributed by atoms with Gasteiger partial charge in [0.15, 0.2) is 0 Å². The summed E-state index contributed by atoms with van der Waals surface area (Å²) in [6, 6.07) is 13.3. The summed E-state index contributed by atoms with van der Waals surface area (Å²) in [7, 11) is 0. The molecule has 124 valence electrons. The molecule has 0 saturated carbocycles. The van der Waals surface area contributed by atoms with Gasteiger partial charge < -0.3 is 15.0 Å². The molecule has 0 spiro atoms. The van der Waals surface area contributed by atoms with Gasteiger partial charge in [-0.05, 0) is 49.2 Å². The number of ether oxygens (including phenoxy) is 1. The molecule has 0 aliphatic heterocycles. The molecule has 5 heteroatoms. The molecule has 0 aliphatic carbocycles. The third kappa shape index (κ3) is 3.74. The molecule has 0 fully saturated rings. The van der Waals surface area contributed by atoms with E-state index in [0.29, 0.717) is 18.1 Å². The minimum absolute atomic E-state index is 0.299. The van der Waals surface area contributed by atoms with E-state index in [2.05, 4.69) is 28.3 Å². The molecule has 3 rings (SSSR count). The molecule has 1 heterocycles. The summed E-state index contributed by atoms with van der Waals surface area (Å²) in [4.78, 5) is 19.8. The number of nitrogens with zero attached hydrogens (tertiary/aromatic N) is 1. The molecule has 24 heavy (non-hydrogen) atoms. The Morgan fingerprint density at radius 3 is 2.96 bits per heavy atom. The van der Waals surface area contributed by atoms with Crippen molar-refractivity contribution >= 4 is 28.6 Å². The summed E-state index contributed by atoms with van der Waals surface area (Å²) >= 11 is 0. The van der Waals surface area contributed by atoms with Crippen molar-refractivity contribution in [3.8, 4) is 0 Å². The Balaban J connectivity index is 1.74. The number of carbonyl (C=O) groups excluding carboxylic acids is 1. The standard InChI is InChI=1S/C19H21N3O2/c1-3-4-10-24-18(23)14-6-5-7-15(12-14)20-19-21-16-9-8-13(2)11-17(16)22-19/h5-9,11-12H,3-4,10H2,1-2H3,(H2,20,21,22). The van der Waals surface area contributed by atoms with Crippen LogP contribution in [0.1, 0.15) is 35.7 Å². The summed E-state index contributed by atoms with van der Waals surface area (Å²) in [6.07, 6.45) is 1.88. The van der Waals surface area contributed by atoms with Crippen molar-refractivity contribution in [2.75, 3.05) is 11.9 Å². The van der Waals surface area contributed by atoms with Gasteiger partial charge in [-0.2, -0.15) is 0 Å². The number of hydrogen-bond donors (Lipinski definition) is 2. The van der Waals surface area contributed by atoms with Gasteiger partial charge in [-0.3, -0.25) is 0 Å². The molecule has 2 N–H and O–H groups in total. The second-order valence-electron chi connectivity index (χ2n) is 5.80. The molecule has 2 aromatic carbocycles. The predicted molar refractivity (Wildman–Crippen MR) is 95.7 cm³/mol. The van der Waals surface area contributed by atoms with Crippen molar-refractivity contribution in [3.63, 3.8) is 0 Å². The lowest BCUT2D eigenvalue weighted by molar-refractivity contribution is 0.0500. The van der Waals surface area contributed by atoms with Crippen molar-refractivity contribution in [1.82, 2.24) is 9.97 Å². The summed E-state index contributed by atoms with van der Waals surface area (Å²) in [5, 5.41) is 3.20. The number of benzene rings is 2. The molecule has 0 bridgehead atoms. The first-order chi connectivity index (χ1) is 11.7. The Hall–Kier alpha value is -2.82. The molecule has 5 nitrogen and oxygen atoms in total. The fraction of sp³-hybridized carbons (Fsp3) is 0.263. The van der Waals surface area contributed by atoms with Gasteiger partial charge >= 0.3 is 5.97 Å². The fourth-order valence-electron chi connectivity index (χ4n) is 2.44. The van der Waals surface area contributed by atoms with Crippen molar-refractivity contribution in [3.05, 3.63) is 53.6 Å². The van der Waals surface area contributed by atoms with E-state index in [1.54, 1.807) is 12.1 Å². The minimum Gasteiger partial charge on any atom is -0.462 e. The zero-order valence-corrected chi connectivity index (χ0v) is 13.9. The van der Waals surface area contributed by atoms with Crippen LogP contribution < -0.4 is 5.32 Å². The number of imidazole rings is 1. The van der Waals surface area contributed by atoms with Crippen LogP contribution in [-0.4, -0.2) is 22.5 Å². The molecule has 0 amide bonds. The summed E-state index contributed by atoms with van der Waals surface area (Å²) < 4.78 is 5.24. The third-order valence-electron chi connectivity index (χ3n) is 3.73. The van der Waals surface area contributed by atoms with E-state index in [1.165, 1.54) is 5.56 Å². The van der Waals surface area contributed by atoms with Gasteiger partial charge in [-0.1, -0.05) is 25.5 Å². The van der Waals surface area contributed by atoms with Crippen LogP contribution in [0.15, 0.2) is 42.5 Å². The fourth-order valence-corrected chi connectivity index (χ4v) is 2.44. The number of fused-ring (bicyclic) bond motifs is 1. The van der Waals surface area contributed by atoms with Gasteiger partial charge in [0, 0.05) is 5.69 Å². The second kappa shape index (κ2) is 7.17. The Morgan fingerprint density at radius 2 is 2.12 bits per heavy atom. The summed E-state index contributed by atoms with van der Waals surface area (Å²) in [5.74, 6) is 0.347. The number of esters is 1. The van der Waals surface area contributed by atoms with Crippen LogP contribution in [0.4, 0.5) is 11.6 Å². The Morgan fingerprint density at radius 1 is 1.25 bits per heavy atom. The smallest absolute Gasteiger partial charge is 0.338 e. The zero-order valence-electron chi connectivity index (χ0n) is 13.9. The first-order valence-corrected chi connectivity index (χ1v) is 8.16. The second-order valence-corrected chi connectivity index (χ2v) is 5.80. The van der Waals surface area contributed by atoms with Crippen molar-refractivity contribution in [1.29, 1.82) is 0 Å². The molecule has 1 aromatic heterocycles. The highest BCUT2D eigenvalue weighted by Crippen LogP contribution is 2.20. The van der Waals surface area contributed by atoms with E-state index >= 15 is 0 Å². The van der Waals surface area contributed by atoms with Gasteiger partial charge in [0.05, 0.1) is 23.2 Å². The van der Waals surface area contributed by atoms with E-state index in [0.717, 1.165) is 29.6 Å². The number of rotatable bonds is 6. The van der Waals surface area contributed by atoms with Crippen molar-refractivity contribution < 1.29 is 9.53 Å². The highest BCUT2D eigenvalue weighted by atomic mass is 16.5. The van der Waals surface area contributed by atoms with Gasteiger partial charge in [-0.15, -0.1) is 0 Å². The van der Waals surface area contributed by atoms with E-state index in [4.69, 9.17) is 4.74 Å². The molecule has 0 unspecified atom stereocenters. The number of nitrogens with one attached hydrogen (secondary N) is 2. The maximum Gasteiger partial charge on any atom is 0.338 e. The van der Waals surface area contributed by atoms with E-state index < -0.39 is 0 Å². The number of aryl methyl sites for hydroxylation is 1. The lowest BCUT2D eigenvalue weighted by atomic mass is 10.2. The van der Waals surface area contributed by atoms with Crippen LogP contribution in [0.2, 0.25) is 0 Å². The number of aromatic nitrogens is 2. The van der Waals surface area contributed by atoms with Crippen LogP contribution in [0.5, 0.6) is 0 Å². The molecule has 0 radical (unpaired) electrons. The largest absolute Gasteiger partial charge is 0.462 e. The Kier molecular flexibility index (Phi) is 4.79. The highest BCUT2D eigenvalue weighted by Gasteiger charge is 2.09. The van der Waals surface area contributed by atoms with E-state index in [1.807, 2.05) is 31.2 Å². The number of aromatic amines is 1. The molecular formula is C19H21N3O2. The average Bonchev–Trinajstić information content (AvgIpc) is 2.96. The van der Waals surface area contributed by atoms with Gasteiger partial charge in [-0.25, -0.2) is 9.78 Å². The maximum absolute atomic E-state index is 12.0. The third-order valence-corrected chi connectivity index (χ3v) is 3.73. The number of anilines is 2. The summed E-state index contributed by atoms with van der Waals surface area (Å²) in [5.41, 5.74) is 4.37. The van der Waals surface area contributed by atoms with Crippen LogP contribution in [0.3, 0.4) is 0 Å². The number of hydrogen-bond acceptors (Lipinski definition) is 4. The van der Waals surface area contributed by atoms with Gasteiger partial charge in [0.25, 0.3) is 0 Å². The Labute approximate surface area is 141 Å². The molecule has 3 aromatic rings. The van der Waals surface area contributed by atoms with E-state index in [9.17, 15) is 4.79 Å². The van der Waals surface area contributed by atoms with Crippen LogP contribution >= 0.6 is 0 Å². The van der Waals surface area contributed by atoms with Gasteiger partial charge in [0.2, 0.25) is 5.95 Å². The molecular weight excluding hydrogens is 302 g/mol. The Bertz CT molecular complexity index is 855.